The molecule has 20 heavy (non-hydrogen) atoms. The normalized spacial score (nSPS) is 24.0. The van der Waals surface area contributed by atoms with Crippen LogP contribution in [0.25, 0.3) is 0 Å². The molecule has 1 fully saturated rings. The lowest BCUT2D eigenvalue weighted by molar-refractivity contribution is 0.0472. The number of nitrogens with two attached hydrogens (primary N) is 1. The van der Waals surface area contributed by atoms with Gasteiger partial charge in [-0.3, -0.25) is 0 Å². The summed E-state index contributed by atoms with van der Waals surface area (Å²) in [6.07, 6.45) is 5.80. The zero-order valence-electron chi connectivity index (χ0n) is 13.9. The Morgan fingerprint density at radius 1 is 1.15 bits per heavy atom. The maximum absolute atomic E-state index is 6.79. The molecule has 1 aliphatic carbocycles. The van der Waals surface area contributed by atoms with E-state index >= 15 is 0 Å². The second kappa shape index (κ2) is 4.83. The van der Waals surface area contributed by atoms with Gasteiger partial charge in [-0.05, 0) is 43.9 Å². The van der Waals surface area contributed by atoms with E-state index in [0.29, 0.717) is 16.9 Å². The molecule has 1 aromatic rings. The van der Waals surface area contributed by atoms with Crippen molar-refractivity contribution in [3.63, 3.8) is 0 Å². The molecule has 1 aromatic heterocycles. The molecule has 4 nitrogen and oxygen atoms in total. The number of hydrogen-bond acceptors (Lipinski definition) is 3. The molecule has 2 N–H and O–H groups in total. The van der Waals surface area contributed by atoms with E-state index in [0.717, 1.165) is 25.1 Å². The third-order valence-electron chi connectivity index (χ3n) is 4.26. The fourth-order valence-corrected chi connectivity index (χ4v) is 4.66. The molecule has 0 amide bonds. The van der Waals surface area contributed by atoms with Crippen molar-refractivity contribution in [3.05, 3.63) is 12.2 Å². The Morgan fingerprint density at radius 2 is 1.70 bits per heavy atom. The minimum Gasteiger partial charge on any atom is -0.325 e. The number of nitrogens with zero attached hydrogens (tertiary/aromatic N) is 3. The van der Waals surface area contributed by atoms with Gasteiger partial charge in [0.1, 0.15) is 12.2 Å². The Bertz CT molecular complexity index is 455. The summed E-state index contributed by atoms with van der Waals surface area (Å²) in [7, 11) is 0. The summed E-state index contributed by atoms with van der Waals surface area (Å²) in [6.45, 7) is 13.6. The molecule has 1 saturated carbocycles. The van der Waals surface area contributed by atoms with E-state index in [1.165, 1.54) is 6.42 Å². The molecular weight excluding hydrogens is 248 g/mol. The van der Waals surface area contributed by atoms with Crippen molar-refractivity contribution in [1.82, 2.24) is 14.8 Å². The van der Waals surface area contributed by atoms with Crippen LogP contribution in [0.1, 0.15) is 72.7 Å². The van der Waals surface area contributed by atoms with Crippen LogP contribution in [0.3, 0.4) is 0 Å². The first-order valence-electron chi connectivity index (χ1n) is 7.69. The highest BCUT2D eigenvalue weighted by molar-refractivity contribution is 5.06. The molecule has 0 aliphatic heterocycles. The van der Waals surface area contributed by atoms with Gasteiger partial charge in [-0.25, -0.2) is 9.67 Å². The Labute approximate surface area is 123 Å². The summed E-state index contributed by atoms with van der Waals surface area (Å²) in [4.78, 5) is 4.44. The van der Waals surface area contributed by atoms with Gasteiger partial charge >= 0.3 is 0 Å². The van der Waals surface area contributed by atoms with Gasteiger partial charge in [0, 0.05) is 18.0 Å². The highest BCUT2D eigenvalue weighted by Gasteiger charge is 2.45. The molecule has 0 unspecified atom stereocenters. The van der Waals surface area contributed by atoms with E-state index in [-0.39, 0.29) is 5.54 Å². The monoisotopic (exact) mass is 278 g/mol. The fraction of sp³-hybridized carbons (Fsp3) is 0.875. The van der Waals surface area contributed by atoms with Crippen LogP contribution >= 0.6 is 0 Å². The van der Waals surface area contributed by atoms with Crippen LogP contribution in [0.5, 0.6) is 0 Å². The van der Waals surface area contributed by atoms with Crippen molar-refractivity contribution < 1.29 is 0 Å². The van der Waals surface area contributed by atoms with Crippen molar-refractivity contribution in [2.24, 2.45) is 16.6 Å². The average Bonchev–Trinajstić information content (AvgIpc) is 2.58. The highest BCUT2D eigenvalue weighted by atomic mass is 15.3. The van der Waals surface area contributed by atoms with Crippen molar-refractivity contribution in [2.75, 3.05) is 0 Å². The quantitative estimate of drug-likeness (QED) is 0.922. The van der Waals surface area contributed by atoms with Gasteiger partial charge in [-0.15, -0.1) is 0 Å². The van der Waals surface area contributed by atoms with E-state index < -0.39 is 0 Å². The maximum Gasteiger partial charge on any atom is 0.138 e. The van der Waals surface area contributed by atoms with Crippen molar-refractivity contribution in [1.29, 1.82) is 0 Å². The van der Waals surface area contributed by atoms with Gasteiger partial charge < -0.3 is 5.73 Å². The Kier molecular flexibility index (Phi) is 3.74. The third kappa shape index (κ3) is 3.40. The number of rotatable bonds is 3. The molecule has 1 heterocycles. The highest BCUT2D eigenvalue weighted by Crippen LogP contribution is 2.49. The second-order valence-electron chi connectivity index (χ2n) is 8.61. The zero-order chi connectivity index (χ0) is 15.2. The van der Waals surface area contributed by atoms with Crippen LogP contribution in [0, 0.1) is 10.8 Å². The van der Waals surface area contributed by atoms with Gasteiger partial charge in [-0.2, -0.15) is 5.10 Å². The predicted octanol–water partition coefficient (Wildman–Crippen LogP) is 3.34. The smallest absolute Gasteiger partial charge is 0.138 e. The van der Waals surface area contributed by atoms with Crippen molar-refractivity contribution >= 4 is 0 Å². The first-order chi connectivity index (χ1) is 9.02. The first kappa shape index (κ1) is 15.5. The minimum atomic E-state index is -0.176. The van der Waals surface area contributed by atoms with E-state index in [1.807, 2.05) is 4.68 Å². The maximum atomic E-state index is 6.79. The zero-order valence-corrected chi connectivity index (χ0v) is 13.9. The van der Waals surface area contributed by atoms with Crippen LogP contribution in [-0.4, -0.2) is 20.3 Å². The number of aromatic nitrogens is 3. The van der Waals surface area contributed by atoms with Gasteiger partial charge in [0.15, 0.2) is 0 Å². The minimum absolute atomic E-state index is 0.176. The summed E-state index contributed by atoms with van der Waals surface area (Å²) in [5.41, 5.74) is 7.20. The largest absolute Gasteiger partial charge is 0.325 e. The summed E-state index contributed by atoms with van der Waals surface area (Å²) >= 11 is 0. The Morgan fingerprint density at radius 3 is 2.20 bits per heavy atom. The number of hydrogen-bond donors (Lipinski definition) is 1. The lowest BCUT2D eigenvalue weighted by Crippen LogP contribution is -2.53. The van der Waals surface area contributed by atoms with Crippen molar-refractivity contribution in [3.8, 4) is 0 Å². The standard InChI is InChI=1S/C16H30N4/c1-12(2)20-13(18-11-19-20)7-16(17)9-14(3,4)8-15(5,6)10-16/h11-12H,7-10,17H2,1-6H3. The van der Waals surface area contributed by atoms with E-state index in [9.17, 15) is 0 Å². The average molecular weight is 278 g/mol. The van der Waals surface area contributed by atoms with Crippen LogP contribution in [0.4, 0.5) is 0 Å². The van der Waals surface area contributed by atoms with Gasteiger partial charge in [0.2, 0.25) is 0 Å². The van der Waals surface area contributed by atoms with E-state index in [1.54, 1.807) is 6.33 Å². The molecule has 0 saturated heterocycles. The lowest BCUT2D eigenvalue weighted by Gasteiger charge is -2.50. The van der Waals surface area contributed by atoms with E-state index in [4.69, 9.17) is 5.73 Å². The second-order valence-corrected chi connectivity index (χ2v) is 8.61. The van der Waals surface area contributed by atoms with Gasteiger partial charge in [0.25, 0.3) is 0 Å². The lowest BCUT2D eigenvalue weighted by atomic mass is 9.58. The van der Waals surface area contributed by atoms with E-state index in [2.05, 4.69) is 51.6 Å². The summed E-state index contributed by atoms with van der Waals surface area (Å²) in [6, 6.07) is 0.334. The third-order valence-corrected chi connectivity index (χ3v) is 4.26. The topological polar surface area (TPSA) is 56.7 Å². The molecule has 4 heteroatoms. The summed E-state index contributed by atoms with van der Waals surface area (Å²) < 4.78 is 2.00. The summed E-state index contributed by atoms with van der Waals surface area (Å²) in [5, 5.41) is 4.34. The summed E-state index contributed by atoms with van der Waals surface area (Å²) in [5.74, 6) is 1.02. The molecule has 2 rings (SSSR count). The fourth-order valence-electron chi connectivity index (χ4n) is 4.66. The Hall–Kier alpha value is -0.900. The Balaban J connectivity index is 2.24. The molecule has 1 aliphatic rings. The van der Waals surface area contributed by atoms with Crippen molar-refractivity contribution in [2.45, 2.75) is 78.8 Å². The molecule has 0 bridgehead atoms. The SMILES string of the molecule is CC(C)n1ncnc1CC1(N)CC(C)(C)CC(C)(C)C1. The first-order valence-corrected chi connectivity index (χ1v) is 7.69. The van der Waals surface area contributed by atoms with Crippen LogP contribution < -0.4 is 5.73 Å². The predicted molar refractivity (Wildman–Crippen MR) is 82.4 cm³/mol. The van der Waals surface area contributed by atoms with Gasteiger partial charge in [-0.1, -0.05) is 27.7 Å². The molecule has 0 radical (unpaired) electrons. The van der Waals surface area contributed by atoms with Crippen LogP contribution in [-0.2, 0) is 6.42 Å². The molecule has 0 atom stereocenters. The molecule has 0 aromatic carbocycles. The molecular formula is C16H30N4. The van der Waals surface area contributed by atoms with Crippen LogP contribution in [0.2, 0.25) is 0 Å². The van der Waals surface area contributed by atoms with Crippen LogP contribution in [0.15, 0.2) is 6.33 Å². The van der Waals surface area contributed by atoms with Gasteiger partial charge in [0.05, 0.1) is 0 Å². The molecule has 114 valence electrons. The molecule has 0 spiro atoms.